The maximum Gasteiger partial charge on any atom is 0.152 e. The van der Waals surface area contributed by atoms with E-state index < -0.39 is 6.10 Å². The van der Waals surface area contributed by atoms with Gasteiger partial charge in [-0.1, -0.05) is 30.4 Å². The minimum absolute atomic E-state index is 0.456. The van der Waals surface area contributed by atoms with Crippen molar-refractivity contribution in [2.45, 2.75) is 19.6 Å². The Morgan fingerprint density at radius 2 is 1.88 bits per heavy atom. The average molecular weight is 341 g/mol. The van der Waals surface area contributed by atoms with Crippen molar-refractivity contribution < 1.29 is 9.90 Å². The van der Waals surface area contributed by atoms with Gasteiger partial charge in [-0.15, -0.1) is 0 Å². The van der Waals surface area contributed by atoms with Crippen molar-refractivity contribution in [2.24, 2.45) is 0 Å². The van der Waals surface area contributed by atoms with E-state index in [0.29, 0.717) is 18.7 Å². The monoisotopic (exact) mass is 341 g/mol. The van der Waals surface area contributed by atoms with Crippen LogP contribution in [0.25, 0.3) is 10.9 Å². The van der Waals surface area contributed by atoms with Crippen molar-refractivity contribution in [2.75, 3.05) is 39.3 Å². The Morgan fingerprint density at radius 3 is 2.56 bits per heavy atom. The van der Waals surface area contributed by atoms with Crippen LogP contribution in [0.15, 0.2) is 42.6 Å². The molecule has 0 saturated carbocycles. The molecule has 3 rings (SSSR count). The molecule has 2 aromatic rings. The largest absolute Gasteiger partial charge is 0.390 e. The van der Waals surface area contributed by atoms with E-state index in [4.69, 9.17) is 0 Å². The van der Waals surface area contributed by atoms with Gasteiger partial charge < -0.3 is 9.67 Å². The summed E-state index contributed by atoms with van der Waals surface area (Å²) >= 11 is 0. The van der Waals surface area contributed by atoms with Crippen LogP contribution < -0.4 is 0 Å². The number of carbonyl (C=O) groups is 1. The summed E-state index contributed by atoms with van der Waals surface area (Å²) in [5.74, 6) is 0. The lowest BCUT2D eigenvalue weighted by Gasteiger charge is -2.35. The first-order valence-corrected chi connectivity index (χ1v) is 8.87. The molecule has 0 amide bonds. The van der Waals surface area contributed by atoms with Crippen molar-refractivity contribution in [3.05, 3.63) is 48.2 Å². The quantitative estimate of drug-likeness (QED) is 0.618. The summed E-state index contributed by atoms with van der Waals surface area (Å²) in [7, 11) is 0. The Bertz CT molecular complexity index is 744. The van der Waals surface area contributed by atoms with Crippen molar-refractivity contribution in [1.29, 1.82) is 0 Å². The number of benzene rings is 1. The molecular weight excluding hydrogens is 314 g/mol. The molecule has 0 bridgehead atoms. The average Bonchev–Trinajstić information content (AvgIpc) is 2.94. The number of aliphatic hydroxyl groups is 1. The van der Waals surface area contributed by atoms with Crippen molar-refractivity contribution in [3.8, 4) is 0 Å². The van der Waals surface area contributed by atoms with Gasteiger partial charge in [0.05, 0.1) is 6.10 Å². The van der Waals surface area contributed by atoms with Gasteiger partial charge in [0.15, 0.2) is 6.29 Å². The highest BCUT2D eigenvalue weighted by atomic mass is 16.3. The number of aliphatic hydroxyl groups excluding tert-OH is 1. The standard InChI is InChI=1S/C20H27N3O2/c1-16(2)11-21-7-9-22(10-8-21)13-18(25)14-23-12-17(15-24)19-5-3-4-6-20(19)23/h3-6,12,15,18,25H,1,7-11,13-14H2,2H3/t18-/m0/s1. The summed E-state index contributed by atoms with van der Waals surface area (Å²) in [5, 5.41) is 11.5. The first kappa shape index (κ1) is 17.9. The number of β-amino-alcohol motifs (C(OH)–C–C–N with tert-alkyl or cyclic N) is 1. The van der Waals surface area contributed by atoms with E-state index in [2.05, 4.69) is 23.3 Å². The summed E-state index contributed by atoms with van der Waals surface area (Å²) in [4.78, 5) is 16.0. The highest BCUT2D eigenvalue weighted by Gasteiger charge is 2.20. The van der Waals surface area contributed by atoms with Gasteiger partial charge >= 0.3 is 0 Å². The SMILES string of the molecule is C=C(C)CN1CCN(C[C@H](O)Cn2cc(C=O)c3ccccc32)CC1. The van der Waals surface area contributed by atoms with Crippen LogP contribution in [-0.2, 0) is 6.54 Å². The van der Waals surface area contributed by atoms with Crippen LogP contribution in [0.1, 0.15) is 17.3 Å². The number of fused-ring (bicyclic) bond motifs is 1. The molecular formula is C20H27N3O2. The number of rotatable bonds is 7. The molecule has 25 heavy (non-hydrogen) atoms. The second-order valence-electron chi connectivity index (χ2n) is 7.06. The van der Waals surface area contributed by atoms with E-state index in [9.17, 15) is 9.90 Å². The first-order chi connectivity index (χ1) is 12.1. The smallest absolute Gasteiger partial charge is 0.152 e. The zero-order valence-corrected chi connectivity index (χ0v) is 14.9. The minimum Gasteiger partial charge on any atom is -0.390 e. The van der Waals surface area contributed by atoms with E-state index in [1.54, 1.807) is 0 Å². The number of nitrogens with zero attached hydrogens (tertiary/aromatic N) is 3. The number of aldehydes is 1. The zero-order chi connectivity index (χ0) is 17.8. The molecule has 1 fully saturated rings. The van der Waals surface area contributed by atoms with Gasteiger partial charge in [0, 0.05) is 68.5 Å². The van der Waals surface area contributed by atoms with Crippen LogP contribution in [-0.4, -0.2) is 71.1 Å². The Hall–Kier alpha value is -1.95. The predicted molar refractivity (Wildman–Crippen MR) is 101 cm³/mol. The summed E-state index contributed by atoms with van der Waals surface area (Å²) in [5.41, 5.74) is 2.87. The van der Waals surface area contributed by atoms with Gasteiger partial charge in [-0.05, 0) is 13.0 Å². The summed E-state index contributed by atoms with van der Waals surface area (Å²) < 4.78 is 1.99. The zero-order valence-electron chi connectivity index (χ0n) is 14.9. The fourth-order valence-corrected chi connectivity index (χ4v) is 3.61. The van der Waals surface area contributed by atoms with Crippen molar-refractivity contribution >= 4 is 17.2 Å². The molecule has 1 saturated heterocycles. The van der Waals surface area contributed by atoms with Crippen LogP contribution in [0.2, 0.25) is 0 Å². The Labute approximate surface area is 149 Å². The van der Waals surface area contributed by atoms with Crippen LogP contribution >= 0.6 is 0 Å². The number of hydrogen-bond donors (Lipinski definition) is 1. The molecule has 0 spiro atoms. The number of hydrogen-bond acceptors (Lipinski definition) is 4. The van der Waals surface area contributed by atoms with Crippen molar-refractivity contribution in [3.63, 3.8) is 0 Å². The van der Waals surface area contributed by atoms with Gasteiger partial charge in [0.1, 0.15) is 0 Å². The van der Waals surface area contributed by atoms with Crippen LogP contribution in [0.3, 0.4) is 0 Å². The normalized spacial score (nSPS) is 17.7. The Balaban J connectivity index is 1.58. The molecule has 1 aliphatic heterocycles. The number of para-hydroxylation sites is 1. The van der Waals surface area contributed by atoms with Gasteiger partial charge in [-0.3, -0.25) is 14.6 Å². The van der Waals surface area contributed by atoms with Crippen LogP contribution in [0.4, 0.5) is 0 Å². The molecule has 0 aliphatic carbocycles. The van der Waals surface area contributed by atoms with Gasteiger partial charge in [0.25, 0.3) is 0 Å². The Morgan fingerprint density at radius 1 is 1.20 bits per heavy atom. The lowest BCUT2D eigenvalue weighted by molar-refractivity contribution is 0.0675. The van der Waals surface area contributed by atoms with E-state index in [-0.39, 0.29) is 0 Å². The van der Waals surface area contributed by atoms with Crippen molar-refractivity contribution in [1.82, 2.24) is 14.4 Å². The van der Waals surface area contributed by atoms with Crippen LogP contribution in [0, 0.1) is 0 Å². The number of aromatic nitrogens is 1. The molecule has 134 valence electrons. The Kier molecular flexibility index (Phi) is 5.68. The maximum absolute atomic E-state index is 11.2. The summed E-state index contributed by atoms with van der Waals surface area (Å²) in [6.45, 7) is 12.1. The highest BCUT2D eigenvalue weighted by molar-refractivity contribution is 5.97. The maximum atomic E-state index is 11.2. The molecule has 5 nitrogen and oxygen atoms in total. The molecule has 1 N–H and O–H groups in total. The topological polar surface area (TPSA) is 48.7 Å². The molecule has 0 radical (unpaired) electrons. The van der Waals surface area contributed by atoms with E-state index in [1.807, 2.05) is 35.0 Å². The molecule has 1 aromatic carbocycles. The minimum atomic E-state index is -0.456. The number of piperazine rings is 1. The second-order valence-corrected chi connectivity index (χ2v) is 7.06. The lowest BCUT2D eigenvalue weighted by Crippen LogP contribution is -2.49. The third-order valence-electron chi connectivity index (χ3n) is 4.78. The number of carbonyl (C=O) groups excluding carboxylic acids is 1. The van der Waals surface area contributed by atoms with Crippen LogP contribution in [0.5, 0.6) is 0 Å². The molecule has 5 heteroatoms. The highest BCUT2D eigenvalue weighted by Crippen LogP contribution is 2.20. The molecule has 1 aromatic heterocycles. The fraction of sp³-hybridized carbons (Fsp3) is 0.450. The fourth-order valence-electron chi connectivity index (χ4n) is 3.61. The van der Waals surface area contributed by atoms with Gasteiger partial charge in [-0.2, -0.15) is 0 Å². The van der Waals surface area contributed by atoms with E-state index in [0.717, 1.165) is 49.9 Å². The molecule has 0 unspecified atom stereocenters. The third kappa shape index (κ3) is 4.37. The van der Waals surface area contributed by atoms with Gasteiger partial charge in [-0.25, -0.2) is 0 Å². The van der Waals surface area contributed by atoms with E-state index in [1.165, 1.54) is 5.57 Å². The first-order valence-electron chi connectivity index (χ1n) is 8.87. The molecule has 1 aliphatic rings. The molecule has 1 atom stereocenters. The third-order valence-corrected chi connectivity index (χ3v) is 4.78. The van der Waals surface area contributed by atoms with E-state index >= 15 is 0 Å². The predicted octanol–water partition coefficient (Wildman–Crippen LogP) is 2.01. The molecule has 2 heterocycles. The summed E-state index contributed by atoms with van der Waals surface area (Å²) in [6, 6.07) is 7.83. The lowest BCUT2D eigenvalue weighted by atomic mass is 10.2. The summed E-state index contributed by atoms with van der Waals surface area (Å²) in [6.07, 6.45) is 2.26. The van der Waals surface area contributed by atoms with Gasteiger partial charge in [0.2, 0.25) is 0 Å². The second kappa shape index (κ2) is 7.95.